The maximum Gasteiger partial charge on any atom is 0.213 e. The Kier molecular flexibility index (Phi) is 1.90. The normalized spacial score (nSPS) is 11.1. The summed E-state index contributed by atoms with van der Waals surface area (Å²) in [4.78, 5) is 8.66. The Labute approximate surface area is 96.2 Å². The minimum atomic E-state index is 0.445. The molecule has 0 unspecified atom stereocenters. The van der Waals surface area contributed by atoms with Crippen LogP contribution in [0.15, 0.2) is 24.4 Å². The molecule has 0 saturated heterocycles. The van der Waals surface area contributed by atoms with E-state index in [1.165, 1.54) is 0 Å². The fraction of sp³-hybridized carbons (Fsp3) is 0.100. The van der Waals surface area contributed by atoms with Gasteiger partial charge in [0.2, 0.25) is 4.77 Å². The summed E-state index contributed by atoms with van der Waals surface area (Å²) in [5.41, 5.74) is 2.75. The molecule has 2 N–H and O–H groups in total. The highest BCUT2D eigenvalue weighted by molar-refractivity contribution is 7.71. The Bertz CT molecular complexity index is 705. The fourth-order valence-corrected chi connectivity index (χ4v) is 1.92. The van der Waals surface area contributed by atoms with Gasteiger partial charge in [0.1, 0.15) is 11.3 Å². The predicted octanol–water partition coefficient (Wildman–Crippen LogP) is 2.09. The minimum Gasteiger partial charge on any atom is -0.297 e. The van der Waals surface area contributed by atoms with Crippen LogP contribution in [-0.4, -0.2) is 24.6 Å². The highest BCUT2D eigenvalue weighted by Crippen LogP contribution is 2.20. The first kappa shape index (κ1) is 9.29. The lowest BCUT2D eigenvalue weighted by Crippen LogP contribution is -1.90. The van der Waals surface area contributed by atoms with Crippen LogP contribution in [0.25, 0.3) is 17.2 Å². The predicted molar refractivity (Wildman–Crippen MR) is 62.7 cm³/mol. The van der Waals surface area contributed by atoms with Gasteiger partial charge in [-0.25, -0.2) is 4.98 Å². The van der Waals surface area contributed by atoms with E-state index < -0.39 is 0 Å². The van der Waals surface area contributed by atoms with Crippen LogP contribution in [0.5, 0.6) is 0 Å². The van der Waals surface area contributed by atoms with Crippen molar-refractivity contribution in [3.8, 4) is 11.5 Å². The first-order chi connectivity index (χ1) is 7.75. The monoisotopic (exact) mass is 231 g/mol. The Morgan fingerprint density at radius 3 is 2.88 bits per heavy atom. The van der Waals surface area contributed by atoms with E-state index in [1.807, 2.05) is 35.7 Å². The summed E-state index contributed by atoms with van der Waals surface area (Å²) in [6.45, 7) is 1.95. The molecule has 3 heterocycles. The van der Waals surface area contributed by atoms with Gasteiger partial charge in [-0.15, -0.1) is 0 Å². The smallest absolute Gasteiger partial charge is 0.213 e. The quantitative estimate of drug-likeness (QED) is 0.630. The molecule has 0 spiro atoms. The van der Waals surface area contributed by atoms with E-state index in [0.717, 1.165) is 17.0 Å². The molecule has 5 nitrogen and oxygen atoms in total. The molecule has 6 heteroatoms. The largest absolute Gasteiger partial charge is 0.297 e. The van der Waals surface area contributed by atoms with Gasteiger partial charge in [-0.1, -0.05) is 6.07 Å². The molecule has 0 fully saturated rings. The average Bonchev–Trinajstić information content (AvgIpc) is 2.80. The standard InChI is InChI=1S/C10H9N5S/c1-6-8(9-12-10(16)14-13-9)15-5-3-2-4-7(15)11-6/h2-5H,1H3,(H2,12,13,14,16). The van der Waals surface area contributed by atoms with Crippen molar-refractivity contribution in [1.82, 2.24) is 24.6 Å². The molecule has 0 saturated carbocycles. The van der Waals surface area contributed by atoms with Crippen molar-refractivity contribution in [2.24, 2.45) is 0 Å². The van der Waals surface area contributed by atoms with Gasteiger partial charge in [0.25, 0.3) is 0 Å². The third-order valence-corrected chi connectivity index (χ3v) is 2.62. The van der Waals surface area contributed by atoms with E-state index in [4.69, 9.17) is 12.2 Å². The molecule has 0 radical (unpaired) electrons. The molecular weight excluding hydrogens is 222 g/mol. The van der Waals surface area contributed by atoms with Gasteiger partial charge in [-0.05, 0) is 31.3 Å². The number of nitrogens with one attached hydrogen (secondary N) is 2. The molecule has 3 aromatic heterocycles. The van der Waals surface area contributed by atoms with Crippen molar-refractivity contribution in [3.05, 3.63) is 34.9 Å². The molecule has 0 atom stereocenters. The summed E-state index contributed by atoms with van der Waals surface area (Å²) >= 11 is 4.95. The van der Waals surface area contributed by atoms with Gasteiger partial charge in [0, 0.05) is 6.20 Å². The van der Waals surface area contributed by atoms with Gasteiger partial charge in [-0.3, -0.25) is 14.6 Å². The highest BCUT2D eigenvalue weighted by atomic mass is 32.1. The van der Waals surface area contributed by atoms with Gasteiger partial charge >= 0.3 is 0 Å². The number of hydrogen-bond donors (Lipinski definition) is 2. The number of H-pyrrole nitrogens is 2. The Morgan fingerprint density at radius 1 is 1.25 bits per heavy atom. The maximum absolute atomic E-state index is 4.95. The van der Waals surface area contributed by atoms with E-state index >= 15 is 0 Å². The van der Waals surface area contributed by atoms with Crippen LogP contribution in [0.2, 0.25) is 0 Å². The fourth-order valence-electron chi connectivity index (χ4n) is 1.78. The second-order valence-corrected chi connectivity index (χ2v) is 3.88. The number of aromatic amines is 2. The summed E-state index contributed by atoms with van der Waals surface area (Å²) in [6.07, 6.45) is 1.95. The third kappa shape index (κ3) is 1.27. The number of fused-ring (bicyclic) bond motifs is 1. The van der Waals surface area contributed by atoms with Gasteiger partial charge in [0.05, 0.1) is 5.69 Å². The van der Waals surface area contributed by atoms with Crippen LogP contribution in [0.3, 0.4) is 0 Å². The van der Waals surface area contributed by atoms with Crippen molar-refractivity contribution >= 4 is 17.9 Å². The topological polar surface area (TPSA) is 61.8 Å². The maximum atomic E-state index is 4.95. The lowest BCUT2D eigenvalue weighted by molar-refractivity contribution is 1.06. The third-order valence-electron chi connectivity index (χ3n) is 2.43. The number of aromatic nitrogens is 5. The second kappa shape index (κ2) is 3.28. The lowest BCUT2D eigenvalue weighted by atomic mass is 10.3. The number of imidazole rings is 1. The summed E-state index contributed by atoms with van der Waals surface area (Å²) < 4.78 is 2.43. The van der Waals surface area contributed by atoms with Crippen LogP contribution in [0.1, 0.15) is 5.69 Å². The van der Waals surface area contributed by atoms with Crippen molar-refractivity contribution in [3.63, 3.8) is 0 Å². The molecule has 0 amide bonds. The van der Waals surface area contributed by atoms with E-state index in [-0.39, 0.29) is 0 Å². The molecule has 0 aliphatic heterocycles. The highest BCUT2D eigenvalue weighted by Gasteiger charge is 2.12. The molecule has 0 aliphatic rings. The number of nitrogens with zero attached hydrogens (tertiary/aromatic N) is 3. The molecular formula is C10H9N5S. The summed E-state index contributed by atoms with van der Waals surface area (Å²) in [5, 5.41) is 5.73. The molecule has 3 aromatic rings. The zero-order chi connectivity index (χ0) is 11.1. The number of aryl methyl sites for hydroxylation is 1. The number of pyridine rings is 1. The first-order valence-electron chi connectivity index (χ1n) is 4.84. The van der Waals surface area contributed by atoms with Crippen LogP contribution >= 0.6 is 12.2 Å². The van der Waals surface area contributed by atoms with Gasteiger partial charge in [-0.2, -0.15) is 4.98 Å². The van der Waals surface area contributed by atoms with E-state index in [9.17, 15) is 0 Å². The molecule has 0 aliphatic carbocycles. The Hall–Kier alpha value is -1.95. The number of rotatable bonds is 1. The van der Waals surface area contributed by atoms with Gasteiger partial charge in [0.15, 0.2) is 5.82 Å². The molecule has 3 rings (SSSR count). The number of hydrogen-bond acceptors (Lipinski definition) is 3. The van der Waals surface area contributed by atoms with Crippen molar-refractivity contribution in [2.45, 2.75) is 6.92 Å². The van der Waals surface area contributed by atoms with Crippen molar-refractivity contribution in [2.75, 3.05) is 0 Å². The van der Waals surface area contributed by atoms with E-state index in [0.29, 0.717) is 10.6 Å². The summed E-state index contributed by atoms with van der Waals surface area (Å²) in [6, 6.07) is 5.87. The van der Waals surface area contributed by atoms with E-state index in [2.05, 4.69) is 20.2 Å². The minimum absolute atomic E-state index is 0.445. The van der Waals surface area contributed by atoms with Crippen LogP contribution in [0.4, 0.5) is 0 Å². The Balaban J connectivity index is 2.38. The molecule has 16 heavy (non-hydrogen) atoms. The summed E-state index contributed by atoms with van der Waals surface area (Å²) in [5.74, 6) is 0.709. The second-order valence-electron chi connectivity index (χ2n) is 3.49. The molecule has 80 valence electrons. The SMILES string of the molecule is Cc1nc2ccccn2c1-c1nc(=S)[nH][nH]1. The van der Waals surface area contributed by atoms with Crippen LogP contribution in [0, 0.1) is 11.7 Å². The van der Waals surface area contributed by atoms with E-state index in [1.54, 1.807) is 0 Å². The van der Waals surface area contributed by atoms with Crippen LogP contribution < -0.4 is 0 Å². The van der Waals surface area contributed by atoms with Crippen LogP contribution in [-0.2, 0) is 0 Å². The molecule has 0 bridgehead atoms. The first-order valence-corrected chi connectivity index (χ1v) is 5.25. The lowest BCUT2D eigenvalue weighted by Gasteiger charge is -1.97. The van der Waals surface area contributed by atoms with Gasteiger partial charge < -0.3 is 0 Å². The van der Waals surface area contributed by atoms with Crippen molar-refractivity contribution < 1.29 is 0 Å². The zero-order valence-electron chi connectivity index (χ0n) is 8.56. The zero-order valence-corrected chi connectivity index (χ0v) is 9.38. The Morgan fingerprint density at radius 2 is 2.12 bits per heavy atom. The molecule has 0 aromatic carbocycles. The van der Waals surface area contributed by atoms with Crippen molar-refractivity contribution in [1.29, 1.82) is 0 Å². The average molecular weight is 231 g/mol. The summed E-state index contributed by atoms with van der Waals surface area (Å²) in [7, 11) is 0.